The highest BCUT2D eigenvalue weighted by Crippen LogP contribution is 2.27. The molecule has 0 saturated heterocycles. The number of hydrogen-bond donors (Lipinski definition) is 1. The van der Waals surface area contributed by atoms with Crippen LogP contribution in [-0.4, -0.2) is 10.1 Å². The van der Waals surface area contributed by atoms with Crippen molar-refractivity contribution in [3.63, 3.8) is 0 Å². The molecule has 0 bridgehead atoms. The lowest BCUT2D eigenvalue weighted by molar-refractivity contribution is 0.475. The molecule has 1 heterocycles. The number of allylic oxidation sites excluding steroid dienone is 1. The summed E-state index contributed by atoms with van der Waals surface area (Å²) in [6, 6.07) is 6.91. The standard InChI is InChI=1S/C13H9ClN2OS/c1-8-7-18-13(16-8)10(6-15)4-9-2-3-12(17)11(14)5-9/h2-5,7,17H,1H3/b10-4+. The van der Waals surface area contributed by atoms with Crippen LogP contribution in [0.5, 0.6) is 5.75 Å². The van der Waals surface area contributed by atoms with Gasteiger partial charge in [-0.2, -0.15) is 5.26 Å². The fourth-order valence-corrected chi connectivity index (χ4v) is 2.35. The van der Waals surface area contributed by atoms with E-state index in [1.54, 1.807) is 18.2 Å². The maximum atomic E-state index is 9.33. The van der Waals surface area contributed by atoms with E-state index in [9.17, 15) is 5.11 Å². The van der Waals surface area contributed by atoms with E-state index in [2.05, 4.69) is 11.1 Å². The number of nitriles is 1. The molecule has 1 N–H and O–H groups in total. The van der Waals surface area contributed by atoms with Crippen molar-refractivity contribution in [2.75, 3.05) is 0 Å². The molecule has 0 aliphatic rings. The van der Waals surface area contributed by atoms with E-state index in [1.807, 2.05) is 12.3 Å². The number of benzene rings is 1. The van der Waals surface area contributed by atoms with Crippen molar-refractivity contribution in [2.24, 2.45) is 0 Å². The molecule has 1 aromatic heterocycles. The summed E-state index contributed by atoms with van der Waals surface area (Å²) in [6.45, 7) is 1.88. The zero-order valence-corrected chi connectivity index (χ0v) is 11.1. The number of hydrogen-bond acceptors (Lipinski definition) is 4. The number of nitrogens with zero attached hydrogens (tertiary/aromatic N) is 2. The van der Waals surface area contributed by atoms with Crippen molar-refractivity contribution in [1.29, 1.82) is 5.26 Å². The zero-order chi connectivity index (χ0) is 13.1. The summed E-state index contributed by atoms with van der Waals surface area (Å²) in [4.78, 5) is 4.26. The molecule has 3 nitrogen and oxygen atoms in total. The van der Waals surface area contributed by atoms with Crippen LogP contribution in [0.3, 0.4) is 0 Å². The Balaban J connectivity index is 2.41. The monoisotopic (exact) mass is 276 g/mol. The van der Waals surface area contributed by atoms with Crippen LogP contribution in [0, 0.1) is 18.3 Å². The minimum Gasteiger partial charge on any atom is -0.506 e. The molecular formula is C13H9ClN2OS. The van der Waals surface area contributed by atoms with E-state index in [1.165, 1.54) is 17.4 Å². The first-order valence-electron chi connectivity index (χ1n) is 5.13. The minimum atomic E-state index is 0.0254. The average molecular weight is 277 g/mol. The second kappa shape index (κ2) is 5.21. The third kappa shape index (κ3) is 2.70. The van der Waals surface area contributed by atoms with Crippen molar-refractivity contribution < 1.29 is 5.11 Å². The first-order valence-corrected chi connectivity index (χ1v) is 6.38. The van der Waals surface area contributed by atoms with E-state index in [4.69, 9.17) is 16.9 Å². The SMILES string of the molecule is Cc1csc(/C(C#N)=C/c2ccc(O)c(Cl)c2)n1. The number of aromatic hydroxyl groups is 1. The van der Waals surface area contributed by atoms with E-state index in [-0.39, 0.29) is 10.8 Å². The number of halogens is 1. The predicted molar refractivity (Wildman–Crippen MR) is 73.5 cm³/mol. The highest BCUT2D eigenvalue weighted by Gasteiger charge is 2.06. The summed E-state index contributed by atoms with van der Waals surface area (Å²) in [5.41, 5.74) is 2.12. The van der Waals surface area contributed by atoms with Gasteiger partial charge in [0.05, 0.1) is 10.6 Å². The van der Waals surface area contributed by atoms with Crippen LogP contribution < -0.4 is 0 Å². The fourth-order valence-electron chi connectivity index (χ4n) is 1.40. The Labute approximate surface area is 114 Å². The molecule has 18 heavy (non-hydrogen) atoms. The molecule has 0 aliphatic heterocycles. The van der Waals surface area contributed by atoms with Crippen LogP contribution in [0.15, 0.2) is 23.6 Å². The summed E-state index contributed by atoms with van der Waals surface area (Å²) >= 11 is 7.24. The van der Waals surface area contributed by atoms with Crippen LogP contribution in [-0.2, 0) is 0 Å². The Morgan fingerprint density at radius 1 is 1.56 bits per heavy atom. The van der Waals surface area contributed by atoms with Gasteiger partial charge in [-0.1, -0.05) is 17.7 Å². The molecule has 0 amide bonds. The molecule has 1 aromatic carbocycles. The second-order valence-electron chi connectivity index (χ2n) is 3.67. The first-order chi connectivity index (χ1) is 8.60. The summed E-state index contributed by atoms with van der Waals surface area (Å²) in [7, 11) is 0. The summed E-state index contributed by atoms with van der Waals surface area (Å²) in [5.74, 6) is 0.0254. The van der Waals surface area contributed by atoms with Crippen LogP contribution in [0.4, 0.5) is 0 Å². The topological polar surface area (TPSA) is 56.9 Å². The molecule has 0 saturated carbocycles. The second-order valence-corrected chi connectivity index (χ2v) is 4.94. The predicted octanol–water partition coefficient (Wildman–Crippen LogP) is 3.87. The van der Waals surface area contributed by atoms with Gasteiger partial charge in [-0.05, 0) is 30.7 Å². The zero-order valence-electron chi connectivity index (χ0n) is 9.51. The lowest BCUT2D eigenvalue weighted by atomic mass is 10.1. The quantitative estimate of drug-likeness (QED) is 0.847. The van der Waals surface area contributed by atoms with E-state index in [0.29, 0.717) is 10.6 Å². The van der Waals surface area contributed by atoms with Crippen molar-refractivity contribution in [3.8, 4) is 11.8 Å². The Bertz CT molecular complexity index is 655. The van der Waals surface area contributed by atoms with Gasteiger partial charge in [-0.25, -0.2) is 4.98 Å². The summed E-state index contributed by atoms with van der Waals surface area (Å²) < 4.78 is 0. The number of aryl methyl sites for hydroxylation is 1. The molecule has 5 heteroatoms. The number of thiazole rings is 1. The fraction of sp³-hybridized carbons (Fsp3) is 0.0769. The van der Waals surface area contributed by atoms with Crippen molar-refractivity contribution in [3.05, 3.63) is 44.9 Å². The van der Waals surface area contributed by atoms with Crippen LogP contribution in [0.1, 0.15) is 16.3 Å². The average Bonchev–Trinajstić information content (AvgIpc) is 2.77. The maximum Gasteiger partial charge on any atom is 0.134 e. The van der Waals surface area contributed by atoms with Crippen molar-refractivity contribution >= 4 is 34.6 Å². The highest BCUT2D eigenvalue weighted by molar-refractivity contribution is 7.11. The van der Waals surface area contributed by atoms with Crippen LogP contribution >= 0.6 is 22.9 Å². The molecule has 2 aromatic rings. The van der Waals surface area contributed by atoms with E-state index < -0.39 is 0 Å². The third-order valence-corrected chi connectivity index (χ3v) is 3.55. The number of phenols is 1. The molecule has 0 atom stereocenters. The normalized spacial score (nSPS) is 11.3. The van der Waals surface area contributed by atoms with Gasteiger partial charge in [0, 0.05) is 11.1 Å². The molecule has 0 aliphatic carbocycles. The Morgan fingerprint density at radius 2 is 2.33 bits per heavy atom. The van der Waals surface area contributed by atoms with Gasteiger partial charge < -0.3 is 5.11 Å². The van der Waals surface area contributed by atoms with Gasteiger partial charge in [0.2, 0.25) is 0 Å². The lowest BCUT2D eigenvalue weighted by Gasteiger charge is -1.99. The van der Waals surface area contributed by atoms with Gasteiger partial charge >= 0.3 is 0 Å². The molecule has 0 spiro atoms. The van der Waals surface area contributed by atoms with Crippen molar-refractivity contribution in [2.45, 2.75) is 6.92 Å². The Hall–Kier alpha value is -1.83. The highest BCUT2D eigenvalue weighted by atomic mass is 35.5. The molecule has 0 radical (unpaired) electrons. The molecule has 0 fully saturated rings. The summed E-state index contributed by atoms with van der Waals surface area (Å²) in [5, 5.41) is 21.3. The Morgan fingerprint density at radius 3 is 2.89 bits per heavy atom. The lowest BCUT2D eigenvalue weighted by Crippen LogP contribution is -1.82. The smallest absolute Gasteiger partial charge is 0.134 e. The van der Waals surface area contributed by atoms with E-state index in [0.717, 1.165) is 11.3 Å². The largest absolute Gasteiger partial charge is 0.506 e. The van der Waals surface area contributed by atoms with Gasteiger partial charge in [0.25, 0.3) is 0 Å². The maximum absolute atomic E-state index is 9.33. The van der Waals surface area contributed by atoms with E-state index >= 15 is 0 Å². The number of aromatic nitrogens is 1. The molecule has 0 unspecified atom stereocenters. The Kier molecular flexibility index (Phi) is 3.66. The first kappa shape index (κ1) is 12.6. The van der Waals surface area contributed by atoms with Gasteiger partial charge in [-0.3, -0.25) is 0 Å². The third-order valence-electron chi connectivity index (χ3n) is 2.25. The van der Waals surface area contributed by atoms with Crippen molar-refractivity contribution in [1.82, 2.24) is 4.98 Å². The van der Waals surface area contributed by atoms with Gasteiger partial charge in [0.15, 0.2) is 0 Å². The van der Waals surface area contributed by atoms with Gasteiger partial charge in [-0.15, -0.1) is 11.3 Å². The van der Waals surface area contributed by atoms with Crippen LogP contribution in [0.25, 0.3) is 11.6 Å². The minimum absolute atomic E-state index is 0.0254. The molecule has 90 valence electrons. The summed E-state index contributed by atoms with van der Waals surface area (Å²) in [6.07, 6.45) is 1.70. The molecule has 2 rings (SSSR count). The van der Waals surface area contributed by atoms with Crippen LogP contribution in [0.2, 0.25) is 5.02 Å². The number of rotatable bonds is 2. The number of phenolic OH excluding ortho intramolecular Hbond substituents is 1. The van der Waals surface area contributed by atoms with Gasteiger partial charge in [0.1, 0.15) is 16.8 Å². The molecular weight excluding hydrogens is 268 g/mol.